The van der Waals surface area contributed by atoms with Crippen molar-refractivity contribution in [2.45, 2.75) is 24.8 Å². The lowest BCUT2D eigenvalue weighted by atomic mass is 10.0. The number of nitrogens with two attached hydrogens (primary N) is 1. The van der Waals surface area contributed by atoms with E-state index in [1.165, 1.54) is 31.2 Å². The number of fused-ring (bicyclic) bond motifs is 1. The van der Waals surface area contributed by atoms with Gasteiger partial charge in [-0.25, -0.2) is 9.78 Å². The summed E-state index contributed by atoms with van der Waals surface area (Å²) in [5.74, 6) is -3.82. The van der Waals surface area contributed by atoms with Crippen LogP contribution in [0.4, 0.5) is 5.13 Å². The monoisotopic (exact) mass is 497 g/mol. The standard InChI is InChI=1S/C18H19N5O8S2/c1-7(24)3-10(25)31-4-8-5-32-16-12(15(27)23(16)13(8)17(28)29)21-14(26)11(22-30-2)9-6-33-18(19)20-9/h6,12,16H,3-5H2,1-2H3,(H2,19,20)(H,21,26)(H,28,29)/b22-11-/t12-,16+/m1/s1. The molecule has 0 spiro atoms. The maximum atomic E-state index is 12.7. The molecule has 0 radical (unpaired) electrons. The predicted molar refractivity (Wildman–Crippen MR) is 116 cm³/mol. The number of anilines is 1. The maximum absolute atomic E-state index is 12.7. The lowest BCUT2D eigenvalue weighted by Gasteiger charge is -2.49. The third-order valence-corrected chi connectivity index (χ3v) is 6.51. The molecule has 3 rings (SSSR count). The van der Waals surface area contributed by atoms with Gasteiger partial charge in [-0.1, -0.05) is 5.16 Å². The van der Waals surface area contributed by atoms with Gasteiger partial charge < -0.3 is 25.7 Å². The van der Waals surface area contributed by atoms with Crippen molar-refractivity contribution in [2.75, 3.05) is 25.2 Å². The topological polar surface area (TPSA) is 191 Å². The van der Waals surface area contributed by atoms with Gasteiger partial charge in [0.25, 0.3) is 11.8 Å². The average Bonchev–Trinajstić information content (AvgIpc) is 3.18. The number of thiazole rings is 1. The fourth-order valence-corrected chi connectivity index (χ4v) is 4.99. The summed E-state index contributed by atoms with van der Waals surface area (Å²) in [7, 11) is 1.24. The highest BCUT2D eigenvalue weighted by atomic mass is 32.2. The van der Waals surface area contributed by atoms with Gasteiger partial charge in [0.05, 0.1) is 0 Å². The highest BCUT2D eigenvalue weighted by molar-refractivity contribution is 8.00. The van der Waals surface area contributed by atoms with E-state index in [9.17, 15) is 29.1 Å². The molecule has 2 aliphatic heterocycles. The number of β-lactam (4-membered cyclic amide) rings is 1. The number of amides is 2. The molecule has 13 nitrogen and oxygen atoms in total. The fourth-order valence-electron chi connectivity index (χ4n) is 3.12. The number of esters is 1. The Morgan fingerprint density at radius 2 is 2.12 bits per heavy atom. The SMILES string of the molecule is CO/N=C(\C(=O)N[C@@H]1C(=O)N2C(C(=O)O)=C(COC(=O)CC(C)=O)CS[C@@H]12)c1csc(N)n1. The molecule has 0 unspecified atom stereocenters. The van der Waals surface area contributed by atoms with Crippen molar-refractivity contribution in [3.63, 3.8) is 0 Å². The van der Waals surface area contributed by atoms with Crippen LogP contribution in [0.25, 0.3) is 0 Å². The van der Waals surface area contributed by atoms with Gasteiger partial charge >= 0.3 is 11.9 Å². The van der Waals surface area contributed by atoms with Crippen molar-refractivity contribution in [3.8, 4) is 0 Å². The third kappa shape index (κ3) is 5.14. The minimum absolute atomic E-state index is 0.136. The third-order valence-electron chi connectivity index (χ3n) is 4.50. The number of ether oxygens (including phenoxy) is 1. The van der Waals surface area contributed by atoms with E-state index in [1.807, 2.05) is 0 Å². The Labute approximate surface area is 195 Å². The van der Waals surface area contributed by atoms with Gasteiger partial charge in [-0.05, 0) is 6.92 Å². The Bertz CT molecular complexity index is 1080. The number of thioether (sulfide) groups is 1. The summed E-state index contributed by atoms with van der Waals surface area (Å²) in [6.07, 6.45) is -0.432. The predicted octanol–water partition coefficient (Wildman–Crippen LogP) is -0.663. The van der Waals surface area contributed by atoms with Crippen LogP contribution in [0.5, 0.6) is 0 Å². The van der Waals surface area contributed by atoms with Crippen LogP contribution in [-0.2, 0) is 33.5 Å². The normalized spacial score (nSPS) is 20.0. The van der Waals surface area contributed by atoms with Crippen LogP contribution >= 0.6 is 23.1 Å². The smallest absolute Gasteiger partial charge is 0.352 e. The molecule has 33 heavy (non-hydrogen) atoms. The number of nitrogens with one attached hydrogen (secondary N) is 1. The van der Waals surface area contributed by atoms with Gasteiger partial charge in [-0.15, -0.1) is 23.1 Å². The Kier molecular flexibility index (Phi) is 7.33. The van der Waals surface area contributed by atoms with Crippen LogP contribution in [0.3, 0.4) is 0 Å². The molecule has 0 saturated carbocycles. The molecule has 1 aromatic heterocycles. The number of carbonyl (C=O) groups excluding carboxylic acids is 4. The first-order chi connectivity index (χ1) is 15.6. The zero-order valence-electron chi connectivity index (χ0n) is 17.4. The molecule has 2 aliphatic rings. The number of hydrogen-bond acceptors (Lipinski definition) is 12. The van der Waals surface area contributed by atoms with E-state index in [4.69, 9.17) is 15.3 Å². The number of aromatic nitrogens is 1. The average molecular weight is 498 g/mol. The molecule has 176 valence electrons. The number of ketones is 1. The van der Waals surface area contributed by atoms with Crippen LogP contribution in [0.2, 0.25) is 0 Å². The fraction of sp³-hybridized carbons (Fsp3) is 0.389. The molecule has 0 bridgehead atoms. The van der Waals surface area contributed by atoms with Crippen molar-refractivity contribution >= 4 is 63.5 Å². The van der Waals surface area contributed by atoms with Gasteiger partial charge in [0.1, 0.15) is 48.7 Å². The van der Waals surface area contributed by atoms with Crippen molar-refractivity contribution in [1.82, 2.24) is 15.2 Å². The second kappa shape index (κ2) is 9.99. The number of aliphatic carboxylic acids is 1. The van der Waals surface area contributed by atoms with Gasteiger partial charge in [0.15, 0.2) is 10.8 Å². The molecule has 2 amide bonds. The molecule has 1 saturated heterocycles. The molecule has 0 aromatic carbocycles. The number of carbonyl (C=O) groups is 5. The molecular weight excluding hydrogens is 478 g/mol. The summed E-state index contributed by atoms with van der Waals surface area (Å²) < 4.78 is 4.97. The van der Waals surface area contributed by atoms with Gasteiger partial charge in [-0.3, -0.25) is 24.1 Å². The van der Waals surface area contributed by atoms with Crippen LogP contribution in [0, 0.1) is 0 Å². The van der Waals surface area contributed by atoms with E-state index in [2.05, 4.69) is 15.5 Å². The van der Waals surface area contributed by atoms with Crippen molar-refractivity contribution in [2.24, 2.45) is 5.16 Å². The van der Waals surface area contributed by atoms with E-state index in [-0.39, 0.29) is 40.2 Å². The highest BCUT2D eigenvalue weighted by Gasteiger charge is 2.54. The zero-order chi connectivity index (χ0) is 24.3. The number of carboxylic acids is 1. The Morgan fingerprint density at radius 3 is 2.70 bits per heavy atom. The number of carboxylic acid groups (broad SMARTS) is 1. The van der Waals surface area contributed by atoms with Crippen LogP contribution in [-0.4, -0.2) is 81.1 Å². The summed E-state index contributed by atoms with van der Waals surface area (Å²) in [5.41, 5.74) is 5.46. The molecule has 0 aliphatic carbocycles. The summed E-state index contributed by atoms with van der Waals surface area (Å²) >= 11 is 2.28. The van der Waals surface area contributed by atoms with Crippen molar-refractivity contribution < 1.29 is 38.7 Å². The molecule has 4 N–H and O–H groups in total. The van der Waals surface area contributed by atoms with E-state index >= 15 is 0 Å². The molecule has 1 fully saturated rings. The first-order valence-corrected chi connectivity index (χ1v) is 11.2. The largest absolute Gasteiger partial charge is 0.477 e. The number of nitrogens with zero attached hydrogens (tertiary/aromatic N) is 3. The van der Waals surface area contributed by atoms with Gasteiger partial charge in [-0.2, -0.15) is 0 Å². The first kappa shape index (κ1) is 24.2. The minimum Gasteiger partial charge on any atom is -0.477 e. The number of oxime groups is 1. The Hall–Kier alpha value is -3.46. The van der Waals surface area contributed by atoms with E-state index in [0.29, 0.717) is 0 Å². The number of rotatable bonds is 9. The molecule has 2 atom stereocenters. The van der Waals surface area contributed by atoms with Crippen LogP contribution in [0.1, 0.15) is 19.0 Å². The lowest BCUT2D eigenvalue weighted by Crippen LogP contribution is -2.71. The lowest BCUT2D eigenvalue weighted by molar-refractivity contribution is -0.150. The summed E-state index contributed by atoms with van der Waals surface area (Å²) in [6.45, 7) is 0.855. The number of nitrogen functional groups attached to an aromatic ring is 1. The highest BCUT2D eigenvalue weighted by Crippen LogP contribution is 2.40. The number of hydrogen-bond donors (Lipinski definition) is 3. The molecule has 1 aromatic rings. The Balaban J connectivity index is 1.73. The van der Waals surface area contributed by atoms with Gasteiger partial charge in [0.2, 0.25) is 0 Å². The maximum Gasteiger partial charge on any atom is 0.352 e. The van der Waals surface area contributed by atoms with Crippen molar-refractivity contribution in [1.29, 1.82) is 0 Å². The van der Waals surface area contributed by atoms with E-state index in [0.717, 1.165) is 16.2 Å². The quantitative estimate of drug-likeness (QED) is 0.129. The second-order valence-electron chi connectivity index (χ2n) is 6.85. The zero-order valence-corrected chi connectivity index (χ0v) is 19.0. The second-order valence-corrected chi connectivity index (χ2v) is 8.85. The van der Waals surface area contributed by atoms with Crippen LogP contribution in [0.15, 0.2) is 21.8 Å². The number of Topliss-reactive ketones (excluding diaryl/α,β-unsaturated/α-hetero) is 1. The molecular formula is C18H19N5O8S2. The van der Waals surface area contributed by atoms with Gasteiger partial charge in [0, 0.05) is 16.7 Å². The van der Waals surface area contributed by atoms with Crippen molar-refractivity contribution in [3.05, 3.63) is 22.3 Å². The Morgan fingerprint density at radius 1 is 1.39 bits per heavy atom. The summed E-state index contributed by atoms with van der Waals surface area (Å²) in [5, 5.41) is 16.8. The minimum atomic E-state index is -1.38. The molecule has 3 heterocycles. The van der Waals surface area contributed by atoms with E-state index in [1.54, 1.807) is 0 Å². The van der Waals surface area contributed by atoms with E-state index < -0.39 is 47.4 Å². The summed E-state index contributed by atoms with van der Waals surface area (Å²) in [6, 6.07) is -1.02. The van der Waals surface area contributed by atoms with Crippen LogP contribution < -0.4 is 11.1 Å². The summed E-state index contributed by atoms with van der Waals surface area (Å²) in [4.78, 5) is 69.6. The first-order valence-electron chi connectivity index (χ1n) is 9.32. The molecule has 15 heteroatoms.